The molecule has 0 aliphatic carbocycles. The average Bonchev–Trinajstić information content (AvgIpc) is 3.25. The molecule has 29 heavy (non-hydrogen) atoms. The first-order chi connectivity index (χ1) is 13.9. The van der Waals surface area contributed by atoms with E-state index in [1.54, 1.807) is 42.4 Å². The fraction of sp³-hybridized carbons (Fsp3) is 0.389. The molecule has 1 aromatic carbocycles. The SMILES string of the molecule is Cc1[nH]cnc1CSCCNC(=O)C(=O)Nc1cccc(N2CCCS2(=O)=O)c1. The number of aryl methyl sites for hydroxylation is 1. The van der Waals surface area contributed by atoms with E-state index >= 15 is 0 Å². The van der Waals surface area contributed by atoms with Crippen LogP contribution in [0, 0.1) is 6.92 Å². The Kier molecular flexibility index (Phi) is 6.80. The second kappa shape index (κ2) is 9.31. The van der Waals surface area contributed by atoms with Crippen molar-refractivity contribution in [2.45, 2.75) is 19.1 Å². The summed E-state index contributed by atoms with van der Waals surface area (Å²) in [7, 11) is -3.31. The maximum Gasteiger partial charge on any atom is 0.313 e. The topological polar surface area (TPSA) is 124 Å². The summed E-state index contributed by atoms with van der Waals surface area (Å²) < 4.78 is 25.4. The fourth-order valence-corrected chi connectivity index (χ4v) is 5.31. The number of amides is 2. The van der Waals surface area contributed by atoms with Crippen LogP contribution in [0.3, 0.4) is 0 Å². The molecule has 3 rings (SSSR count). The van der Waals surface area contributed by atoms with Crippen molar-refractivity contribution >= 4 is 45.0 Å². The van der Waals surface area contributed by atoms with Crippen LogP contribution >= 0.6 is 11.8 Å². The summed E-state index contributed by atoms with van der Waals surface area (Å²) in [6.45, 7) is 2.71. The third-order valence-corrected chi connectivity index (χ3v) is 7.24. The maximum atomic E-state index is 12.1. The molecule has 1 saturated heterocycles. The Morgan fingerprint density at radius 3 is 2.83 bits per heavy atom. The molecule has 1 aliphatic rings. The molecule has 2 heterocycles. The summed E-state index contributed by atoms with van der Waals surface area (Å²) in [5.74, 6) is -0.0404. The number of thioether (sulfide) groups is 1. The van der Waals surface area contributed by atoms with Crippen LogP contribution in [0.25, 0.3) is 0 Å². The van der Waals surface area contributed by atoms with Crippen molar-refractivity contribution in [3.05, 3.63) is 42.0 Å². The third kappa shape index (κ3) is 5.51. The van der Waals surface area contributed by atoms with Gasteiger partial charge in [0.05, 0.1) is 23.5 Å². The first-order valence-electron chi connectivity index (χ1n) is 9.13. The third-order valence-electron chi connectivity index (χ3n) is 4.40. The molecular weight excluding hydrogens is 414 g/mol. The van der Waals surface area contributed by atoms with E-state index in [2.05, 4.69) is 20.6 Å². The van der Waals surface area contributed by atoms with Gasteiger partial charge in [-0.05, 0) is 31.5 Å². The van der Waals surface area contributed by atoms with Crippen LogP contribution < -0.4 is 14.9 Å². The Hall–Kier alpha value is -2.53. The van der Waals surface area contributed by atoms with Crippen LogP contribution in [0.1, 0.15) is 17.8 Å². The number of aromatic nitrogens is 2. The molecular formula is C18H23N5O4S2. The number of hydrogen-bond acceptors (Lipinski definition) is 6. The van der Waals surface area contributed by atoms with Crippen molar-refractivity contribution in [2.75, 3.05) is 34.2 Å². The number of anilines is 2. The van der Waals surface area contributed by atoms with Crippen LogP contribution in [0.15, 0.2) is 30.6 Å². The molecule has 1 aromatic heterocycles. The van der Waals surface area contributed by atoms with Crippen molar-refractivity contribution in [1.29, 1.82) is 0 Å². The number of carbonyl (C=O) groups excluding carboxylic acids is 2. The van der Waals surface area contributed by atoms with Gasteiger partial charge in [0.2, 0.25) is 10.0 Å². The number of hydrogen-bond donors (Lipinski definition) is 3. The molecule has 11 heteroatoms. The van der Waals surface area contributed by atoms with Gasteiger partial charge >= 0.3 is 11.8 Å². The largest absolute Gasteiger partial charge is 0.348 e. The summed E-state index contributed by atoms with van der Waals surface area (Å²) in [5, 5.41) is 5.08. The number of H-pyrrole nitrogens is 1. The molecule has 0 saturated carbocycles. The Labute approximate surface area is 173 Å². The number of sulfonamides is 1. The average molecular weight is 438 g/mol. The predicted octanol–water partition coefficient (Wildman–Crippen LogP) is 1.25. The molecule has 1 aliphatic heterocycles. The van der Waals surface area contributed by atoms with Crippen LogP contribution in [-0.4, -0.2) is 54.8 Å². The maximum absolute atomic E-state index is 12.1. The van der Waals surface area contributed by atoms with Crippen molar-refractivity contribution in [3.8, 4) is 0 Å². The number of rotatable bonds is 7. The first kappa shape index (κ1) is 21.2. The van der Waals surface area contributed by atoms with Gasteiger partial charge in [-0.25, -0.2) is 13.4 Å². The lowest BCUT2D eigenvalue weighted by Gasteiger charge is -2.17. The van der Waals surface area contributed by atoms with Gasteiger partial charge in [0.1, 0.15) is 0 Å². The Balaban J connectivity index is 1.45. The van der Waals surface area contributed by atoms with E-state index in [0.29, 0.717) is 36.6 Å². The summed E-state index contributed by atoms with van der Waals surface area (Å²) >= 11 is 1.61. The molecule has 9 nitrogen and oxygen atoms in total. The minimum Gasteiger partial charge on any atom is -0.348 e. The summed E-state index contributed by atoms with van der Waals surface area (Å²) in [5.41, 5.74) is 2.84. The molecule has 0 radical (unpaired) electrons. The highest BCUT2D eigenvalue weighted by molar-refractivity contribution is 7.98. The molecule has 156 valence electrons. The zero-order valence-electron chi connectivity index (χ0n) is 16.0. The van der Waals surface area contributed by atoms with E-state index < -0.39 is 21.8 Å². The number of nitrogens with zero attached hydrogens (tertiary/aromatic N) is 2. The predicted molar refractivity (Wildman–Crippen MR) is 113 cm³/mol. The van der Waals surface area contributed by atoms with Gasteiger partial charge in [0, 0.05) is 36.0 Å². The monoisotopic (exact) mass is 437 g/mol. The Morgan fingerprint density at radius 1 is 1.31 bits per heavy atom. The van der Waals surface area contributed by atoms with E-state index in [4.69, 9.17) is 0 Å². The molecule has 0 spiro atoms. The summed E-state index contributed by atoms with van der Waals surface area (Å²) in [4.78, 5) is 31.3. The fourth-order valence-electron chi connectivity index (χ4n) is 2.87. The molecule has 1 fully saturated rings. The van der Waals surface area contributed by atoms with Gasteiger partial charge in [-0.3, -0.25) is 13.9 Å². The van der Waals surface area contributed by atoms with Gasteiger partial charge < -0.3 is 15.6 Å². The van der Waals surface area contributed by atoms with Crippen molar-refractivity contribution in [2.24, 2.45) is 0 Å². The van der Waals surface area contributed by atoms with E-state index in [-0.39, 0.29) is 5.75 Å². The van der Waals surface area contributed by atoms with E-state index in [1.165, 1.54) is 4.31 Å². The second-order valence-corrected chi connectivity index (χ2v) is 9.65. The molecule has 2 aromatic rings. The van der Waals surface area contributed by atoms with E-state index in [9.17, 15) is 18.0 Å². The van der Waals surface area contributed by atoms with Crippen molar-refractivity contribution in [3.63, 3.8) is 0 Å². The first-order valence-corrected chi connectivity index (χ1v) is 11.9. The molecule has 0 bridgehead atoms. The quantitative estimate of drug-likeness (QED) is 0.442. The zero-order valence-corrected chi connectivity index (χ0v) is 17.6. The normalized spacial score (nSPS) is 15.3. The highest BCUT2D eigenvalue weighted by Gasteiger charge is 2.28. The van der Waals surface area contributed by atoms with Gasteiger partial charge in [-0.15, -0.1) is 0 Å². The molecule has 0 atom stereocenters. The summed E-state index contributed by atoms with van der Waals surface area (Å²) in [6, 6.07) is 6.47. The van der Waals surface area contributed by atoms with Crippen LogP contribution in [0.5, 0.6) is 0 Å². The van der Waals surface area contributed by atoms with Crippen molar-refractivity contribution < 1.29 is 18.0 Å². The minimum absolute atomic E-state index is 0.115. The summed E-state index contributed by atoms with van der Waals surface area (Å²) in [6.07, 6.45) is 2.21. The van der Waals surface area contributed by atoms with Gasteiger partial charge in [-0.1, -0.05) is 6.07 Å². The number of carbonyl (C=O) groups is 2. The zero-order chi connectivity index (χ0) is 20.9. The van der Waals surface area contributed by atoms with Gasteiger partial charge in [-0.2, -0.15) is 11.8 Å². The number of nitrogens with one attached hydrogen (secondary N) is 3. The lowest BCUT2D eigenvalue weighted by Crippen LogP contribution is -2.36. The number of aromatic amines is 1. The van der Waals surface area contributed by atoms with Crippen LogP contribution in [0.4, 0.5) is 11.4 Å². The number of benzene rings is 1. The Bertz CT molecular complexity index is 990. The second-order valence-electron chi connectivity index (χ2n) is 6.53. The Morgan fingerprint density at radius 2 is 2.14 bits per heavy atom. The lowest BCUT2D eigenvalue weighted by molar-refractivity contribution is -0.136. The lowest BCUT2D eigenvalue weighted by atomic mass is 10.2. The van der Waals surface area contributed by atoms with E-state index in [0.717, 1.165) is 17.1 Å². The van der Waals surface area contributed by atoms with Gasteiger partial charge in [0.15, 0.2) is 0 Å². The van der Waals surface area contributed by atoms with Gasteiger partial charge in [0.25, 0.3) is 0 Å². The molecule has 3 N–H and O–H groups in total. The smallest absolute Gasteiger partial charge is 0.313 e. The minimum atomic E-state index is -3.31. The van der Waals surface area contributed by atoms with Crippen molar-refractivity contribution in [1.82, 2.24) is 15.3 Å². The van der Waals surface area contributed by atoms with Crippen LogP contribution in [0.2, 0.25) is 0 Å². The highest BCUT2D eigenvalue weighted by Crippen LogP contribution is 2.26. The standard InChI is InChI=1S/C18H23N5O4S2/c1-13-16(21-12-20-13)11-28-8-6-19-17(24)18(25)22-14-4-2-5-15(10-14)23-7-3-9-29(23,26)27/h2,4-5,10,12H,3,6-9,11H2,1H3,(H,19,24)(H,20,21)(H,22,25). The molecule has 0 unspecified atom stereocenters. The van der Waals surface area contributed by atoms with E-state index in [1.807, 2.05) is 6.92 Å². The number of imidazole rings is 1. The highest BCUT2D eigenvalue weighted by atomic mass is 32.2. The molecule has 2 amide bonds. The van der Waals surface area contributed by atoms with Crippen LogP contribution in [-0.2, 0) is 25.4 Å².